The Balaban J connectivity index is 1.93. The number of likely N-dealkylation sites (tertiary alicyclic amines) is 1. The highest BCUT2D eigenvalue weighted by atomic mass is 32.1. The molecule has 0 atom stereocenters. The lowest BCUT2D eigenvalue weighted by molar-refractivity contribution is -0.129. The molecule has 1 N–H and O–H groups in total. The number of nitrogens with zero attached hydrogens (tertiary/aromatic N) is 2. The number of nitrogens with one attached hydrogen (secondary N) is 1. The van der Waals surface area contributed by atoms with E-state index in [-0.39, 0.29) is 24.5 Å². The molecule has 24 heavy (non-hydrogen) atoms. The maximum atomic E-state index is 12.4. The van der Waals surface area contributed by atoms with Crippen LogP contribution in [0.3, 0.4) is 0 Å². The highest BCUT2D eigenvalue weighted by Gasteiger charge is 2.22. The number of thiophene rings is 1. The highest BCUT2D eigenvalue weighted by molar-refractivity contribution is 7.20. The lowest BCUT2D eigenvalue weighted by Gasteiger charge is -2.14. The van der Waals surface area contributed by atoms with Crippen LogP contribution in [0.5, 0.6) is 0 Å². The molecule has 3 rings (SSSR count). The molecule has 0 spiro atoms. The normalized spacial score (nSPS) is 14.3. The number of aromatic nitrogens is 2. The minimum Gasteiger partial charge on any atom is -0.462 e. The zero-order chi connectivity index (χ0) is 17.3. The number of fused-ring (bicyclic) bond motifs is 1. The van der Waals surface area contributed by atoms with Crippen LogP contribution in [0.2, 0.25) is 0 Å². The third kappa shape index (κ3) is 3.06. The van der Waals surface area contributed by atoms with Crippen molar-refractivity contribution in [3.05, 3.63) is 26.6 Å². The van der Waals surface area contributed by atoms with Crippen LogP contribution in [0, 0.1) is 6.92 Å². The Labute approximate surface area is 142 Å². The van der Waals surface area contributed by atoms with E-state index in [0.717, 1.165) is 37.3 Å². The minimum atomic E-state index is -0.452. The van der Waals surface area contributed by atoms with E-state index in [0.29, 0.717) is 26.5 Å². The number of esters is 1. The Kier molecular flexibility index (Phi) is 4.66. The molecule has 2 aromatic rings. The Hall–Kier alpha value is -2.22. The van der Waals surface area contributed by atoms with E-state index in [4.69, 9.17) is 4.74 Å². The molecular weight excluding hydrogens is 330 g/mol. The maximum Gasteiger partial charge on any atom is 0.348 e. The van der Waals surface area contributed by atoms with Crippen LogP contribution >= 0.6 is 11.3 Å². The minimum absolute atomic E-state index is 0.0334. The summed E-state index contributed by atoms with van der Waals surface area (Å²) in [6.07, 6.45) is 2.10. The van der Waals surface area contributed by atoms with Crippen molar-refractivity contribution < 1.29 is 14.3 Å². The van der Waals surface area contributed by atoms with Crippen molar-refractivity contribution in [2.45, 2.75) is 33.1 Å². The summed E-state index contributed by atoms with van der Waals surface area (Å²) in [5, 5.41) is 0.389. The van der Waals surface area contributed by atoms with Gasteiger partial charge in [0, 0.05) is 13.1 Å². The SMILES string of the molecule is CCOC(=O)c1sc2nc(CC(=O)N3CCCC3)[nH]c(=O)c2c1C. The summed E-state index contributed by atoms with van der Waals surface area (Å²) in [7, 11) is 0. The van der Waals surface area contributed by atoms with Gasteiger partial charge in [0.15, 0.2) is 0 Å². The van der Waals surface area contributed by atoms with E-state index in [9.17, 15) is 14.4 Å². The van der Waals surface area contributed by atoms with Crippen LogP contribution in [0.4, 0.5) is 0 Å². The Bertz CT molecular complexity index is 849. The van der Waals surface area contributed by atoms with Gasteiger partial charge in [-0.25, -0.2) is 9.78 Å². The molecule has 3 heterocycles. The number of rotatable bonds is 4. The molecule has 2 aromatic heterocycles. The van der Waals surface area contributed by atoms with Crippen LogP contribution < -0.4 is 5.56 Å². The molecule has 0 bridgehead atoms. The summed E-state index contributed by atoms with van der Waals surface area (Å²) in [5.41, 5.74) is 0.244. The first-order valence-electron chi connectivity index (χ1n) is 7.98. The van der Waals surface area contributed by atoms with E-state index < -0.39 is 5.97 Å². The fourth-order valence-electron chi connectivity index (χ4n) is 2.89. The molecule has 1 saturated heterocycles. The molecular formula is C16H19N3O4S. The number of H-pyrrole nitrogens is 1. The van der Waals surface area contributed by atoms with Gasteiger partial charge in [0.05, 0.1) is 18.4 Å². The number of aromatic amines is 1. The monoisotopic (exact) mass is 349 g/mol. The molecule has 1 fully saturated rings. The molecule has 1 aliphatic rings. The largest absolute Gasteiger partial charge is 0.462 e. The van der Waals surface area contributed by atoms with Gasteiger partial charge in [-0.1, -0.05) is 0 Å². The average Bonchev–Trinajstić information content (AvgIpc) is 3.16. The van der Waals surface area contributed by atoms with Crippen LogP contribution in [0.15, 0.2) is 4.79 Å². The van der Waals surface area contributed by atoms with Crippen molar-refractivity contribution in [3.63, 3.8) is 0 Å². The van der Waals surface area contributed by atoms with Gasteiger partial charge in [0.25, 0.3) is 5.56 Å². The predicted octanol–water partition coefficient (Wildman–Crippen LogP) is 1.63. The maximum absolute atomic E-state index is 12.4. The van der Waals surface area contributed by atoms with Crippen molar-refractivity contribution in [2.24, 2.45) is 0 Å². The molecule has 0 saturated carbocycles. The first-order chi connectivity index (χ1) is 11.5. The first kappa shape index (κ1) is 16.6. The Morgan fingerprint density at radius 3 is 2.71 bits per heavy atom. The molecule has 0 aliphatic carbocycles. The number of hydrogen-bond acceptors (Lipinski definition) is 6. The standard InChI is InChI=1S/C16H19N3O4S/c1-3-23-16(22)13-9(2)12-14(21)17-10(18-15(12)24-13)8-11(20)19-6-4-5-7-19/h3-8H2,1-2H3,(H,17,18,21). The van der Waals surface area contributed by atoms with Crippen LogP contribution in [0.25, 0.3) is 10.2 Å². The average molecular weight is 349 g/mol. The fourth-order valence-corrected chi connectivity index (χ4v) is 3.98. The second-order valence-corrected chi connectivity index (χ2v) is 6.73. The number of hydrogen-bond donors (Lipinski definition) is 1. The molecule has 0 aromatic carbocycles. The predicted molar refractivity (Wildman–Crippen MR) is 90.5 cm³/mol. The molecule has 1 aliphatic heterocycles. The van der Waals surface area contributed by atoms with E-state index in [2.05, 4.69) is 9.97 Å². The van der Waals surface area contributed by atoms with Gasteiger partial charge >= 0.3 is 5.97 Å². The van der Waals surface area contributed by atoms with E-state index in [1.165, 1.54) is 0 Å². The topological polar surface area (TPSA) is 92.4 Å². The quantitative estimate of drug-likeness (QED) is 0.847. The number of carbonyl (C=O) groups excluding carboxylic acids is 2. The van der Waals surface area contributed by atoms with Crippen LogP contribution in [-0.4, -0.2) is 46.4 Å². The van der Waals surface area contributed by atoms with Crippen molar-refractivity contribution in [1.29, 1.82) is 0 Å². The van der Waals surface area contributed by atoms with Gasteiger partial charge in [-0.2, -0.15) is 0 Å². The van der Waals surface area contributed by atoms with Crippen molar-refractivity contribution in [1.82, 2.24) is 14.9 Å². The summed E-state index contributed by atoms with van der Waals surface area (Å²) < 4.78 is 5.01. The first-order valence-corrected chi connectivity index (χ1v) is 8.80. The van der Waals surface area contributed by atoms with E-state index in [1.807, 2.05) is 0 Å². The summed E-state index contributed by atoms with van der Waals surface area (Å²) in [4.78, 5) is 46.2. The van der Waals surface area contributed by atoms with Gasteiger partial charge in [0.2, 0.25) is 5.91 Å². The molecule has 0 unspecified atom stereocenters. The lowest BCUT2D eigenvalue weighted by atomic mass is 10.2. The second-order valence-electron chi connectivity index (χ2n) is 5.73. The molecule has 128 valence electrons. The van der Waals surface area contributed by atoms with Gasteiger partial charge in [-0.3, -0.25) is 9.59 Å². The summed E-state index contributed by atoms with van der Waals surface area (Å²) in [6, 6.07) is 0. The number of carbonyl (C=O) groups is 2. The van der Waals surface area contributed by atoms with E-state index >= 15 is 0 Å². The number of amides is 1. The zero-order valence-electron chi connectivity index (χ0n) is 13.7. The Morgan fingerprint density at radius 2 is 2.04 bits per heavy atom. The van der Waals surface area contributed by atoms with Gasteiger partial charge in [-0.05, 0) is 32.3 Å². The van der Waals surface area contributed by atoms with Crippen molar-refractivity contribution in [3.8, 4) is 0 Å². The summed E-state index contributed by atoms with van der Waals surface area (Å²) in [5.74, 6) is -0.151. The van der Waals surface area contributed by atoms with E-state index in [1.54, 1.807) is 18.7 Å². The van der Waals surface area contributed by atoms with Crippen LogP contribution in [0.1, 0.15) is 40.8 Å². The number of ether oxygens (including phenoxy) is 1. The molecule has 8 heteroatoms. The number of aryl methyl sites for hydroxylation is 1. The van der Waals surface area contributed by atoms with Crippen LogP contribution in [-0.2, 0) is 16.0 Å². The Morgan fingerprint density at radius 1 is 1.33 bits per heavy atom. The third-order valence-electron chi connectivity index (χ3n) is 4.09. The highest BCUT2D eigenvalue weighted by Crippen LogP contribution is 2.27. The summed E-state index contributed by atoms with van der Waals surface area (Å²) in [6.45, 7) is 5.23. The van der Waals surface area contributed by atoms with Gasteiger partial charge in [0.1, 0.15) is 15.5 Å². The van der Waals surface area contributed by atoms with Gasteiger partial charge < -0.3 is 14.6 Å². The fraction of sp³-hybridized carbons (Fsp3) is 0.500. The smallest absolute Gasteiger partial charge is 0.348 e. The zero-order valence-corrected chi connectivity index (χ0v) is 14.5. The molecule has 1 amide bonds. The summed E-state index contributed by atoms with van der Waals surface area (Å²) >= 11 is 1.13. The molecule has 0 radical (unpaired) electrons. The van der Waals surface area contributed by atoms with Crippen molar-refractivity contribution >= 4 is 33.4 Å². The van der Waals surface area contributed by atoms with Gasteiger partial charge in [-0.15, -0.1) is 11.3 Å². The lowest BCUT2D eigenvalue weighted by Crippen LogP contribution is -2.30. The third-order valence-corrected chi connectivity index (χ3v) is 5.25. The molecule has 7 nitrogen and oxygen atoms in total. The second kappa shape index (κ2) is 6.72. The van der Waals surface area contributed by atoms with Crippen molar-refractivity contribution in [2.75, 3.05) is 19.7 Å².